The monoisotopic (exact) mass is 638 g/mol. The van der Waals surface area contributed by atoms with Gasteiger partial charge in [-0.25, -0.2) is 9.29 Å². The van der Waals surface area contributed by atoms with E-state index >= 15 is 0 Å². The zero-order valence-corrected chi connectivity index (χ0v) is 25.9. The number of aromatic hydroxyl groups is 1. The molecule has 2 aliphatic carbocycles. The smallest absolute Gasteiger partial charge is 0.241 e. The highest BCUT2D eigenvalue weighted by molar-refractivity contribution is 6.31. The molecule has 234 valence electrons. The number of nitrogens with zero attached hydrogens (tertiary/aromatic N) is 2. The third-order valence-corrected chi connectivity index (χ3v) is 10.8. The number of benzene rings is 3. The summed E-state index contributed by atoms with van der Waals surface area (Å²) in [4.78, 5) is 59.1. The molecular formula is C37H32ClFN2O5. The zero-order valence-electron chi connectivity index (χ0n) is 25.2. The van der Waals surface area contributed by atoms with Crippen molar-refractivity contribution in [3.05, 3.63) is 119 Å². The van der Waals surface area contributed by atoms with E-state index in [1.165, 1.54) is 17.0 Å². The summed E-state index contributed by atoms with van der Waals surface area (Å²) in [6, 6.07) is 18.4. The van der Waals surface area contributed by atoms with E-state index in [1.807, 2.05) is 36.4 Å². The highest BCUT2D eigenvalue weighted by atomic mass is 35.5. The topological polar surface area (TPSA) is 95.0 Å². The number of halogens is 2. The molecule has 1 N–H and O–H groups in total. The van der Waals surface area contributed by atoms with Crippen LogP contribution in [0.5, 0.6) is 5.75 Å². The Morgan fingerprint density at radius 3 is 2.48 bits per heavy atom. The van der Waals surface area contributed by atoms with Crippen LogP contribution in [0.3, 0.4) is 0 Å². The third-order valence-electron chi connectivity index (χ3n) is 10.5. The van der Waals surface area contributed by atoms with Crippen molar-refractivity contribution < 1.29 is 28.7 Å². The van der Waals surface area contributed by atoms with Crippen LogP contribution in [0.25, 0.3) is 0 Å². The van der Waals surface area contributed by atoms with Crippen molar-refractivity contribution in [2.45, 2.75) is 38.6 Å². The van der Waals surface area contributed by atoms with Gasteiger partial charge in [-0.1, -0.05) is 77.9 Å². The summed E-state index contributed by atoms with van der Waals surface area (Å²) < 4.78 is 14.1. The average Bonchev–Trinajstić information content (AvgIpc) is 3.40. The quantitative estimate of drug-likeness (QED) is 0.251. The number of fused-ring (bicyclic) bond motifs is 4. The lowest BCUT2D eigenvalue weighted by molar-refractivity contribution is -0.141. The van der Waals surface area contributed by atoms with Crippen LogP contribution in [0.4, 0.5) is 10.1 Å². The number of phenols is 1. The fraction of sp³-hybridized carbons (Fsp3) is 0.297. The second kappa shape index (κ2) is 11.1. The maximum absolute atomic E-state index is 14.6. The number of carbonyl (C=O) groups is 4. The Kier molecular flexibility index (Phi) is 7.24. The van der Waals surface area contributed by atoms with Crippen LogP contribution in [0.1, 0.15) is 42.4 Å². The molecule has 9 heteroatoms. The van der Waals surface area contributed by atoms with Crippen molar-refractivity contribution in [1.29, 1.82) is 0 Å². The normalized spacial score (nSPS) is 28.6. The first-order valence-corrected chi connectivity index (χ1v) is 15.8. The van der Waals surface area contributed by atoms with Gasteiger partial charge in [-0.15, -0.1) is 6.58 Å². The molecule has 4 amide bonds. The molecule has 0 spiro atoms. The maximum Gasteiger partial charge on any atom is 0.241 e. The Balaban J connectivity index is 1.36. The van der Waals surface area contributed by atoms with E-state index in [2.05, 4.69) is 6.58 Å². The lowest BCUT2D eigenvalue weighted by Gasteiger charge is -2.49. The molecule has 7 rings (SSSR count). The first-order chi connectivity index (χ1) is 22.1. The van der Waals surface area contributed by atoms with E-state index < -0.39 is 52.6 Å². The number of anilines is 1. The molecule has 0 aromatic heterocycles. The van der Waals surface area contributed by atoms with Crippen molar-refractivity contribution in [3.8, 4) is 5.75 Å². The molecule has 7 nitrogen and oxygen atoms in total. The fourth-order valence-electron chi connectivity index (χ4n) is 8.38. The predicted octanol–water partition coefficient (Wildman–Crippen LogP) is 6.34. The van der Waals surface area contributed by atoms with Gasteiger partial charge in [0, 0.05) is 11.5 Å². The number of para-hydroxylation sites is 1. The van der Waals surface area contributed by atoms with Crippen LogP contribution in [0.2, 0.25) is 5.02 Å². The lowest BCUT2D eigenvalue weighted by atomic mass is 9.51. The number of phenolic OH excluding ortho intramolecular Hbond substituents is 1. The Morgan fingerprint density at radius 1 is 1.00 bits per heavy atom. The van der Waals surface area contributed by atoms with Gasteiger partial charge in [0.1, 0.15) is 11.6 Å². The summed E-state index contributed by atoms with van der Waals surface area (Å²) in [6.45, 7) is 5.69. The molecule has 6 atom stereocenters. The SMILES string of the molecule is C=CCc1cccc(C2C3=CCC4C(=O)N(Cc5ccccc5)C(=O)C4C3CC3C(=O)N(c4ccc(F)c(Cl)c4)C(=O)C32C)c1O. The van der Waals surface area contributed by atoms with E-state index in [-0.39, 0.29) is 41.2 Å². The minimum atomic E-state index is -1.35. The molecule has 1 saturated carbocycles. The molecule has 46 heavy (non-hydrogen) atoms. The Morgan fingerprint density at radius 2 is 1.76 bits per heavy atom. The molecule has 3 aromatic rings. The highest BCUT2D eigenvalue weighted by Crippen LogP contribution is 2.64. The van der Waals surface area contributed by atoms with Crippen LogP contribution >= 0.6 is 11.6 Å². The Labute approximate surface area is 271 Å². The second-order valence-corrected chi connectivity index (χ2v) is 13.3. The molecule has 3 aromatic carbocycles. The van der Waals surface area contributed by atoms with Crippen molar-refractivity contribution in [1.82, 2.24) is 4.90 Å². The van der Waals surface area contributed by atoms with E-state index in [0.29, 0.717) is 24.0 Å². The molecule has 2 aliphatic heterocycles. The number of allylic oxidation sites excluding steroid dienone is 3. The zero-order chi connectivity index (χ0) is 32.5. The number of hydrogen-bond acceptors (Lipinski definition) is 5. The van der Waals surface area contributed by atoms with Crippen molar-refractivity contribution in [2.75, 3.05) is 4.90 Å². The summed E-state index contributed by atoms with van der Waals surface area (Å²) in [7, 11) is 0. The summed E-state index contributed by atoms with van der Waals surface area (Å²) in [5, 5.41) is 11.4. The van der Waals surface area contributed by atoms with Crippen molar-refractivity contribution in [2.24, 2.45) is 29.1 Å². The van der Waals surface area contributed by atoms with Crippen LogP contribution in [0.15, 0.2) is 91.0 Å². The van der Waals surface area contributed by atoms with Gasteiger partial charge >= 0.3 is 0 Å². The van der Waals surface area contributed by atoms with Gasteiger partial charge in [-0.2, -0.15) is 0 Å². The van der Waals surface area contributed by atoms with Gasteiger partial charge < -0.3 is 5.11 Å². The summed E-state index contributed by atoms with van der Waals surface area (Å²) >= 11 is 6.08. The summed E-state index contributed by atoms with van der Waals surface area (Å²) in [5.74, 6) is -5.67. The van der Waals surface area contributed by atoms with Crippen LogP contribution in [0, 0.1) is 34.9 Å². The van der Waals surface area contributed by atoms with Gasteiger partial charge in [0.2, 0.25) is 23.6 Å². The van der Waals surface area contributed by atoms with Gasteiger partial charge in [0.15, 0.2) is 0 Å². The van der Waals surface area contributed by atoms with E-state index in [9.17, 15) is 28.7 Å². The van der Waals surface area contributed by atoms with E-state index in [4.69, 9.17) is 11.6 Å². The number of likely N-dealkylation sites (tertiary alicyclic amines) is 1. The molecule has 0 bridgehead atoms. The number of rotatable bonds is 6. The minimum Gasteiger partial charge on any atom is -0.507 e. The molecule has 0 radical (unpaired) electrons. The molecular weight excluding hydrogens is 607 g/mol. The number of hydrogen-bond donors (Lipinski definition) is 1. The molecule has 6 unspecified atom stereocenters. The van der Waals surface area contributed by atoms with Crippen molar-refractivity contribution >= 4 is 40.9 Å². The summed E-state index contributed by atoms with van der Waals surface area (Å²) in [5.41, 5.74) is 1.49. The van der Waals surface area contributed by atoms with Gasteiger partial charge in [0.25, 0.3) is 0 Å². The Bertz CT molecular complexity index is 1860. The summed E-state index contributed by atoms with van der Waals surface area (Å²) in [6.07, 6.45) is 4.47. The first kappa shape index (κ1) is 30.1. The molecule has 2 heterocycles. The largest absolute Gasteiger partial charge is 0.507 e. The van der Waals surface area contributed by atoms with Gasteiger partial charge in [-0.3, -0.25) is 24.1 Å². The van der Waals surface area contributed by atoms with Crippen LogP contribution < -0.4 is 4.90 Å². The second-order valence-electron chi connectivity index (χ2n) is 12.9. The highest BCUT2D eigenvalue weighted by Gasteiger charge is 2.68. The van der Waals surface area contributed by atoms with Crippen LogP contribution in [-0.2, 0) is 32.1 Å². The average molecular weight is 639 g/mol. The molecule has 2 saturated heterocycles. The molecule has 3 fully saturated rings. The number of carbonyl (C=O) groups excluding carboxylic acids is 4. The maximum atomic E-state index is 14.6. The Hall–Kier alpha value is -4.56. The van der Waals surface area contributed by atoms with Gasteiger partial charge in [0.05, 0.1) is 40.4 Å². The third kappa shape index (κ3) is 4.30. The van der Waals surface area contributed by atoms with Gasteiger partial charge in [-0.05, 0) is 61.4 Å². The standard InChI is InChI=1S/C37H32ClFN2O5/c1-3-8-21-11-7-12-25(32(21)42)31-23-14-15-24-30(35(45)40(33(24)43)19-20-9-5-4-6-10-20)26(23)18-27-34(44)41(36(46)37(27,31)2)22-13-16-29(39)28(38)17-22/h3-7,9-14,16-17,24,26-27,30-31,42H,1,8,15,18-19H2,2H3. The molecule has 4 aliphatic rings. The first-order valence-electron chi connectivity index (χ1n) is 15.4. The fourth-order valence-corrected chi connectivity index (χ4v) is 8.56. The lowest BCUT2D eigenvalue weighted by Crippen LogP contribution is -2.48. The van der Waals surface area contributed by atoms with E-state index in [0.717, 1.165) is 22.1 Å². The van der Waals surface area contributed by atoms with Crippen molar-refractivity contribution in [3.63, 3.8) is 0 Å². The number of imide groups is 2. The van der Waals surface area contributed by atoms with E-state index in [1.54, 1.807) is 31.2 Å². The van der Waals surface area contributed by atoms with Crippen LogP contribution in [-0.4, -0.2) is 33.6 Å². The number of amides is 4. The predicted molar refractivity (Wildman–Crippen MR) is 170 cm³/mol. The minimum absolute atomic E-state index is 0.000830.